The summed E-state index contributed by atoms with van der Waals surface area (Å²) in [5, 5.41) is 0. The van der Waals surface area contributed by atoms with Gasteiger partial charge in [0.1, 0.15) is 0 Å². The van der Waals surface area contributed by atoms with E-state index in [1.807, 2.05) is 0 Å². The van der Waals surface area contributed by atoms with Crippen LogP contribution in [0.25, 0.3) is 0 Å². The molecule has 2 nitrogen and oxygen atoms in total. The number of hydrogen-bond acceptors (Lipinski definition) is 2. The van der Waals surface area contributed by atoms with E-state index in [0.717, 1.165) is 6.42 Å². The molecule has 0 aromatic rings. The Morgan fingerprint density at radius 3 is 1.13 bits per heavy atom. The second-order valence-electron chi connectivity index (χ2n) is 9.96. The monoisotopic (exact) mass is 458 g/mol. The molecule has 188 valence electrons. The summed E-state index contributed by atoms with van der Waals surface area (Å²) in [5.41, 5.74) is 0. The molecule has 0 rings (SSSR count). The summed E-state index contributed by atoms with van der Waals surface area (Å²) in [6, 6.07) is 0. The van der Waals surface area contributed by atoms with E-state index in [9.17, 15) is 4.79 Å². The van der Waals surface area contributed by atoms with E-state index in [1.165, 1.54) is 134 Å². The Bertz CT molecular complexity index is 342. The molecule has 0 saturated heterocycles. The third-order valence-corrected chi connectivity index (χ3v) is 11.2. The fourth-order valence-electron chi connectivity index (χ4n) is 4.71. The van der Waals surface area contributed by atoms with Gasteiger partial charge < -0.3 is 0 Å². The number of unbranched alkanes of at least 4 members (excludes halogenated alkanes) is 15. The molecule has 0 aromatic carbocycles. The first-order chi connectivity index (χ1) is 15.1. The Labute approximate surface area is 197 Å². The summed E-state index contributed by atoms with van der Waals surface area (Å²) in [6.07, 6.45) is 29.2. The fraction of sp³-hybridized carbons (Fsp3) is 0.964. The maximum atomic E-state index is 12.6. The van der Waals surface area contributed by atoms with Crippen molar-refractivity contribution >= 4 is 13.5 Å². The van der Waals surface area contributed by atoms with Gasteiger partial charge in [-0.1, -0.05) is 0 Å². The zero-order valence-electron chi connectivity index (χ0n) is 22.1. The van der Waals surface area contributed by atoms with E-state index in [4.69, 9.17) is 4.52 Å². The summed E-state index contributed by atoms with van der Waals surface area (Å²) < 4.78 is 6.46. The molecular weight excluding hydrogens is 399 g/mol. The predicted molar refractivity (Wildman–Crippen MR) is 144 cm³/mol. The Balaban J connectivity index is 4.82. The van der Waals surface area contributed by atoms with Crippen LogP contribution in [0.5, 0.6) is 0 Å². The average Bonchev–Trinajstić information content (AvgIpc) is 2.75. The van der Waals surface area contributed by atoms with Gasteiger partial charge in [-0.15, -0.1) is 0 Å². The van der Waals surface area contributed by atoms with Gasteiger partial charge in [-0.05, 0) is 0 Å². The second kappa shape index (κ2) is 23.1. The Hall–Kier alpha value is -0.100. The molecule has 0 atom stereocenters. The molecule has 0 unspecified atom stereocenters. The van der Waals surface area contributed by atoms with Gasteiger partial charge in [-0.3, -0.25) is 0 Å². The van der Waals surface area contributed by atoms with Crippen molar-refractivity contribution in [2.24, 2.45) is 0 Å². The zero-order valence-corrected chi connectivity index (χ0v) is 23.1. The topological polar surface area (TPSA) is 26.3 Å². The molecule has 0 aliphatic rings. The number of hydrogen-bond donors (Lipinski definition) is 0. The Kier molecular flexibility index (Phi) is 23.0. The van der Waals surface area contributed by atoms with Crippen molar-refractivity contribution < 1.29 is 9.32 Å². The molecule has 0 N–H and O–H groups in total. The summed E-state index contributed by atoms with van der Waals surface area (Å²) in [4.78, 5) is 12.6. The molecule has 0 aliphatic carbocycles. The van der Waals surface area contributed by atoms with E-state index < -0.39 is 7.49 Å². The van der Waals surface area contributed by atoms with Gasteiger partial charge in [0.15, 0.2) is 0 Å². The minimum atomic E-state index is -1.95. The Morgan fingerprint density at radius 1 is 0.484 bits per heavy atom. The van der Waals surface area contributed by atoms with Crippen molar-refractivity contribution in [3.8, 4) is 0 Å². The molecule has 0 spiro atoms. The number of rotatable bonds is 24. The zero-order chi connectivity index (χ0) is 23.0. The normalized spacial score (nSPS) is 12.3. The van der Waals surface area contributed by atoms with E-state index in [1.54, 1.807) is 0 Å². The predicted octanol–water partition coefficient (Wildman–Crippen LogP) is 10.1. The van der Waals surface area contributed by atoms with Crippen molar-refractivity contribution in [3.63, 3.8) is 0 Å². The SMILES string of the molecule is CCCCCCCC[PH](CCCCCCCC)(CCCCCCCC)OC(=O)CCC. The van der Waals surface area contributed by atoms with Gasteiger partial charge in [0.25, 0.3) is 0 Å². The number of carbonyl (C=O) groups is 1. The molecule has 31 heavy (non-hydrogen) atoms. The van der Waals surface area contributed by atoms with E-state index in [2.05, 4.69) is 27.7 Å². The van der Waals surface area contributed by atoms with Crippen LogP contribution in [0.1, 0.15) is 156 Å². The first-order valence-corrected chi connectivity index (χ1v) is 16.9. The van der Waals surface area contributed by atoms with Crippen LogP contribution in [0.15, 0.2) is 0 Å². The van der Waals surface area contributed by atoms with Gasteiger partial charge in [-0.2, -0.15) is 0 Å². The van der Waals surface area contributed by atoms with Gasteiger partial charge in [0.05, 0.1) is 0 Å². The van der Waals surface area contributed by atoms with Crippen LogP contribution in [0.4, 0.5) is 0 Å². The molecular formula is C28H59O2P. The molecule has 0 aromatic heterocycles. The maximum absolute atomic E-state index is 12.6. The molecule has 0 aliphatic heterocycles. The average molecular weight is 459 g/mol. The van der Waals surface area contributed by atoms with E-state index in [-0.39, 0.29) is 5.97 Å². The summed E-state index contributed by atoms with van der Waals surface area (Å²) in [5.74, 6) is 0.108. The third-order valence-electron chi connectivity index (χ3n) is 6.74. The van der Waals surface area contributed by atoms with Crippen molar-refractivity contribution in [1.82, 2.24) is 0 Å². The first kappa shape index (κ1) is 30.9. The van der Waals surface area contributed by atoms with Gasteiger partial charge in [0.2, 0.25) is 0 Å². The third kappa shape index (κ3) is 19.1. The molecule has 0 heterocycles. The van der Waals surface area contributed by atoms with Gasteiger partial charge in [-0.25, -0.2) is 0 Å². The Morgan fingerprint density at radius 2 is 0.806 bits per heavy atom. The fourth-order valence-corrected chi connectivity index (χ4v) is 9.03. The van der Waals surface area contributed by atoms with Crippen LogP contribution in [-0.2, 0) is 9.32 Å². The molecule has 0 fully saturated rings. The van der Waals surface area contributed by atoms with Gasteiger partial charge in [0, 0.05) is 0 Å². The quantitative estimate of drug-likeness (QED) is 0.106. The summed E-state index contributed by atoms with van der Waals surface area (Å²) in [7, 11) is -1.95. The van der Waals surface area contributed by atoms with Crippen molar-refractivity contribution in [1.29, 1.82) is 0 Å². The van der Waals surface area contributed by atoms with Crippen LogP contribution >= 0.6 is 7.49 Å². The van der Waals surface area contributed by atoms with Crippen molar-refractivity contribution in [2.45, 2.75) is 156 Å². The van der Waals surface area contributed by atoms with Crippen LogP contribution in [0, 0.1) is 0 Å². The molecule has 0 bridgehead atoms. The molecule has 3 heteroatoms. The van der Waals surface area contributed by atoms with Crippen LogP contribution in [-0.4, -0.2) is 24.5 Å². The van der Waals surface area contributed by atoms with E-state index >= 15 is 0 Å². The van der Waals surface area contributed by atoms with Crippen molar-refractivity contribution in [2.75, 3.05) is 18.5 Å². The molecule has 0 amide bonds. The van der Waals surface area contributed by atoms with Crippen LogP contribution in [0.3, 0.4) is 0 Å². The van der Waals surface area contributed by atoms with Crippen molar-refractivity contribution in [3.05, 3.63) is 0 Å². The summed E-state index contributed by atoms with van der Waals surface area (Å²) >= 11 is 0. The van der Waals surface area contributed by atoms with E-state index in [0.29, 0.717) is 6.42 Å². The standard InChI is InChI=1S/C28H59O2P/c1-5-9-12-15-18-21-25-31(30-28(29)24-8-4,26-22-19-16-13-10-6-2)27-23-20-17-14-11-7-3/h31H,5-27H2,1-4H3. The first-order valence-electron chi connectivity index (χ1n) is 14.4. The second-order valence-corrected chi connectivity index (χ2v) is 14.0. The minimum absolute atomic E-state index is 0.108. The van der Waals surface area contributed by atoms with Gasteiger partial charge >= 0.3 is 197 Å². The molecule has 0 radical (unpaired) electrons. The summed E-state index contributed by atoms with van der Waals surface area (Å²) in [6.45, 7) is 8.95. The number of carbonyl (C=O) groups excluding carboxylic acids is 1. The molecule has 0 saturated carbocycles. The van der Waals surface area contributed by atoms with Crippen LogP contribution in [0.2, 0.25) is 0 Å². The van der Waals surface area contributed by atoms with Crippen LogP contribution < -0.4 is 0 Å².